The van der Waals surface area contributed by atoms with Crippen molar-refractivity contribution < 1.29 is 36.7 Å². The van der Waals surface area contributed by atoms with Crippen molar-refractivity contribution >= 4 is 29.7 Å². The summed E-state index contributed by atoms with van der Waals surface area (Å²) in [5, 5.41) is -0.0625. The molecule has 12 heteroatoms. The number of amides is 1. The third kappa shape index (κ3) is 8.93. The molecule has 3 aromatic rings. The Morgan fingerprint density at radius 2 is 1.73 bits per heavy atom. The van der Waals surface area contributed by atoms with Gasteiger partial charge in [0.2, 0.25) is 0 Å². The SMILES string of the molecule is CCOC(=O)c1coc(N(Cc2cc(Cl)cc(C(F)(F)F)c2)C2CC(CC)N(C(=O)OC(C)(C)C)C(Cc3ccccc3)C2)n1. The van der Waals surface area contributed by atoms with Crippen molar-refractivity contribution in [1.29, 1.82) is 0 Å². The number of esters is 1. The van der Waals surface area contributed by atoms with Gasteiger partial charge in [-0.3, -0.25) is 0 Å². The number of hydrogen-bond donors (Lipinski definition) is 0. The van der Waals surface area contributed by atoms with Gasteiger partial charge in [-0.25, -0.2) is 9.59 Å². The molecule has 1 fully saturated rings. The lowest BCUT2D eigenvalue weighted by Gasteiger charge is -2.48. The molecule has 1 saturated heterocycles. The van der Waals surface area contributed by atoms with Crippen molar-refractivity contribution in [2.45, 2.75) is 96.7 Å². The lowest BCUT2D eigenvalue weighted by molar-refractivity contribution is -0.137. The molecule has 244 valence electrons. The number of likely N-dealkylation sites (tertiary alicyclic amines) is 1. The molecule has 1 aliphatic heterocycles. The summed E-state index contributed by atoms with van der Waals surface area (Å²) < 4.78 is 57.8. The summed E-state index contributed by atoms with van der Waals surface area (Å²) in [6, 6.07) is 12.3. The average molecular weight is 650 g/mol. The molecule has 2 heterocycles. The molecule has 8 nitrogen and oxygen atoms in total. The Hall–Kier alpha value is -3.73. The van der Waals surface area contributed by atoms with Gasteiger partial charge in [0.05, 0.1) is 12.2 Å². The van der Waals surface area contributed by atoms with Crippen LogP contribution in [0.25, 0.3) is 0 Å². The minimum absolute atomic E-state index is 0.0436. The van der Waals surface area contributed by atoms with E-state index in [1.165, 1.54) is 12.3 Å². The predicted octanol–water partition coefficient (Wildman–Crippen LogP) is 8.32. The summed E-state index contributed by atoms with van der Waals surface area (Å²) >= 11 is 6.14. The zero-order valence-corrected chi connectivity index (χ0v) is 26.8. The lowest BCUT2D eigenvalue weighted by Crippen LogP contribution is -2.58. The second-order valence-electron chi connectivity index (χ2n) is 12.1. The van der Waals surface area contributed by atoms with Crippen molar-refractivity contribution in [3.8, 4) is 0 Å². The standard InChI is InChI=1S/C33H39ClF3N3O5/c1-6-25-17-26(18-27(15-21-11-9-8-10-12-21)40(25)31(42)45-32(3,4)5)39(30-38-28(20-44-30)29(41)43-7-2)19-22-13-23(33(35,36)37)16-24(34)14-22/h8-14,16,20,25-27H,6-7,15,17-19H2,1-5H3. The van der Waals surface area contributed by atoms with Gasteiger partial charge >= 0.3 is 18.2 Å². The smallest absolute Gasteiger partial charge is 0.416 e. The Bertz CT molecular complexity index is 1460. The van der Waals surface area contributed by atoms with E-state index in [1.807, 2.05) is 58.0 Å². The first-order chi connectivity index (χ1) is 21.2. The topological polar surface area (TPSA) is 85.1 Å². The minimum Gasteiger partial charge on any atom is -0.461 e. The highest BCUT2D eigenvalue weighted by molar-refractivity contribution is 6.30. The molecule has 0 N–H and O–H groups in total. The molecule has 0 bridgehead atoms. The van der Waals surface area contributed by atoms with E-state index in [1.54, 1.807) is 16.7 Å². The van der Waals surface area contributed by atoms with Crippen molar-refractivity contribution in [3.05, 3.63) is 82.2 Å². The van der Waals surface area contributed by atoms with Gasteiger partial charge in [-0.1, -0.05) is 48.9 Å². The summed E-state index contributed by atoms with van der Waals surface area (Å²) in [7, 11) is 0. The predicted molar refractivity (Wildman–Crippen MR) is 164 cm³/mol. The molecule has 3 atom stereocenters. The number of nitrogens with zero attached hydrogens (tertiary/aromatic N) is 3. The van der Waals surface area contributed by atoms with Gasteiger partial charge < -0.3 is 23.7 Å². The van der Waals surface area contributed by atoms with Crippen LogP contribution in [0.5, 0.6) is 0 Å². The Morgan fingerprint density at radius 3 is 2.36 bits per heavy atom. The fraction of sp³-hybridized carbons (Fsp3) is 0.485. The first-order valence-corrected chi connectivity index (χ1v) is 15.4. The van der Waals surface area contributed by atoms with E-state index in [0.29, 0.717) is 25.7 Å². The van der Waals surface area contributed by atoms with Crippen LogP contribution in [0.2, 0.25) is 5.02 Å². The fourth-order valence-corrected chi connectivity index (χ4v) is 5.96. The number of aromatic nitrogens is 1. The van der Waals surface area contributed by atoms with Crippen molar-refractivity contribution in [2.24, 2.45) is 0 Å². The molecule has 1 aliphatic rings. The Labute approximate surface area is 266 Å². The van der Waals surface area contributed by atoms with Gasteiger partial charge in [0.25, 0.3) is 6.01 Å². The fourth-order valence-electron chi connectivity index (χ4n) is 5.70. The summed E-state index contributed by atoms with van der Waals surface area (Å²) in [5.41, 5.74) is -0.341. The van der Waals surface area contributed by atoms with Crippen LogP contribution in [0.15, 0.2) is 59.2 Å². The number of rotatable bonds is 9. The first kappa shape index (κ1) is 34.1. The van der Waals surface area contributed by atoms with E-state index in [9.17, 15) is 22.8 Å². The van der Waals surface area contributed by atoms with Gasteiger partial charge in [0.1, 0.15) is 11.9 Å². The number of oxazole rings is 1. The third-order valence-electron chi connectivity index (χ3n) is 7.57. The molecule has 0 aliphatic carbocycles. The second kappa shape index (κ2) is 14.1. The van der Waals surface area contributed by atoms with Gasteiger partial charge in [-0.05, 0) is 82.7 Å². The number of anilines is 1. The minimum atomic E-state index is -4.60. The summed E-state index contributed by atoms with van der Waals surface area (Å²) in [6.45, 7) is 9.18. The molecule has 45 heavy (non-hydrogen) atoms. The number of hydrogen-bond acceptors (Lipinski definition) is 7. The lowest BCUT2D eigenvalue weighted by atomic mass is 9.86. The summed E-state index contributed by atoms with van der Waals surface area (Å²) in [5.74, 6) is -0.678. The zero-order chi connectivity index (χ0) is 32.9. The number of benzene rings is 2. The number of alkyl halides is 3. The van der Waals surface area contributed by atoms with Crippen molar-refractivity contribution in [3.63, 3.8) is 0 Å². The van der Waals surface area contributed by atoms with Crippen molar-refractivity contribution in [2.75, 3.05) is 11.5 Å². The number of piperidine rings is 1. The summed E-state index contributed by atoms with van der Waals surface area (Å²) in [4.78, 5) is 34.0. The van der Waals surface area contributed by atoms with Gasteiger partial charge in [0, 0.05) is 29.7 Å². The van der Waals surface area contributed by atoms with E-state index in [0.717, 1.165) is 17.7 Å². The Balaban J connectivity index is 1.76. The normalized spacial score (nSPS) is 18.9. The molecule has 2 aromatic carbocycles. The second-order valence-corrected chi connectivity index (χ2v) is 12.6. The number of halogens is 4. The molecular weight excluding hydrogens is 611 g/mol. The van der Waals surface area contributed by atoms with Crippen LogP contribution in [-0.4, -0.2) is 52.3 Å². The number of ether oxygens (including phenoxy) is 2. The van der Waals surface area contributed by atoms with Crippen LogP contribution in [-0.2, 0) is 28.6 Å². The first-order valence-electron chi connectivity index (χ1n) is 15.0. The number of carbonyl (C=O) groups is 2. The maximum Gasteiger partial charge on any atom is 0.416 e. The quantitative estimate of drug-likeness (QED) is 0.216. The molecular formula is C33H39ClF3N3O5. The van der Waals surface area contributed by atoms with Crippen LogP contribution in [0.4, 0.5) is 24.0 Å². The van der Waals surface area contributed by atoms with Gasteiger partial charge in [-0.15, -0.1) is 0 Å². The molecule has 1 aromatic heterocycles. The largest absolute Gasteiger partial charge is 0.461 e. The van der Waals surface area contributed by atoms with Crippen molar-refractivity contribution in [1.82, 2.24) is 9.88 Å². The van der Waals surface area contributed by atoms with Crippen LogP contribution in [0.1, 0.15) is 81.1 Å². The van der Waals surface area contributed by atoms with Crippen LogP contribution >= 0.6 is 11.6 Å². The molecule has 0 saturated carbocycles. The molecule has 3 unspecified atom stereocenters. The Kier molecular flexibility index (Phi) is 10.7. The van der Waals surface area contributed by atoms with Gasteiger partial charge in [0.15, 0.2) is 5.69 Å². The highest BCUT2D eigenvalue weighted by atomic mass is 35.5. The Morgan fingerprint density at radius 1 is 1.04 bits per heavy atom. The monoisotopic (exact) mass is 649 g/mol. The van der Waals surface area contributed by atoms with Crippen LogP contribution in [0.3, 0.4) is 0 Å². The van der Waals surface area contributed by atoms with E-state index in [-0.39, 0.29) is 53.6 Å². The molecule has 4 rings (SSSR count). The van der Waals surface area contributed by atoms with E-state index in [4.69, 9.17) is 25.5 Å². The molecule has 0 radical (unpaired) electrons. The molecule has 1 amide bonds. The van der Waals surface area contributed by atoms with E-state index >= 15 is 0 Å². The highest BCUT2D eigenvalue weighted by Crippen LogP contribution is 2.37. The third-order valence-corrected chi connectivity index (χ3v) is 7.78. The average Bonchev–Trinajstić information content (AvgIpc) is 3.45. The van der Waals surface area contributed by atoms with Crippen LogP contribution < -0.4 is 4.90 Å². The van der Waals surface area contributed by atoms with E-state index < -0.39 is 29.4 Å². The van der Waals surface area contributed by atoms with Gasteiger partial charge in [-0.2, -0.15) is 18.2 Å². The zero-order valence-electron chi connectivity index (χ0n) is 26.1. The summed E-state index contributed by atoms with van der Waals surface area (Å²) in [6.07, 6.45) is -1.85. The van der Waals surface area contributed by atoms with E-state index in [2.05, 4.69) is 4.98 Å². The molecule has 0 spiro atoms. The highest BCUT2D eigenvalue weighted by Gasteiger charge is 2.43. The van der Waals surface area contributed by atoms with Crippen LogP contribution in [0, 0.1) is 0 Å². The number of carbonyl (C=O) groups excluding carboxylic acids is 2. The maximum atomic E-state index is 13.7. The maximum absolute atomic E-state index is 13.7.